The van der Waals surface area contributed by atoms with E-state index >= 15 is 0 Å². The topological polar surface area (TPSA) is 76.0 Å². The third kappa shape index (κ3) is 5.52. The third-order valence-electron chi connectivity index (χ3n) is 6.23. The zero-order valence-corrected chi connectivity index (χ0v) is 21.0. The molecule has 3 aromatic carbocycles. The second-order valence-electron chi connectivity index (χ2n) is 8.91. The number of rotatable bonds is 7. The minimum absolute atomic E-state index is 0.115. The smallest absolute Gasteiger partial charge is 0.256 e. The van der Waals surface area contributed by atoms with Crippen LogP contribution in [-0.2, 0) is 17.8 Å². The quantitative estimate of drug-likeness (QED) is 0.300. The Kier molecular flexibility index (Phi) is 7.18. The molecule has 2 heterocycles. The van der Waals surface area contributed by atoms with Crippen LogP contribution < -0.4 is 10.6 Å². The molecule has 1 aliphatic rings. The highest BCUT2D eigenvalue weighted by Gasteiger charge is 2.16. The number of aryl methyl sites for hydroxylation is 2. The van der Waals surface area contributed by atoms with E-state index in [1.165, 1.54) is 30.3 Å². The van der Waals surface area contributed by atoms with Crippen LogP contribution in [0.3, 0.4) is 0 Å². The largest absolute Gasteiger partial charge is 0.328 e. The van der Waals surface area contributed by atoms with Crippen LogP contribution in [-0.4, -0.2) is 27.1 Å². The summed E-state index contributed by atoms with van der Waals surface area (Å²) in [6.45, 7) is 3.00. The van der Waals surface area contributed by atoms with Gasteiger partial charge < -0.3 is 15.2 Å². The van der Waals surface area contributed by atoms with Gasteiger partial charge in [-0.2, -0.15) is 0 Å². The number of amides is 2. The molecule has 0 aliphatic carbocycles. The number of fused-ring (bicyclic) bond motifs is 1. The molecule has 0 unspecified atom stereocenters. The van der Waals surface area contributed by atoms with Crippen LogP contribution in [0.5, 0.6) is 0 Å². The number of anilines is 2. The Morgan fingerprint density at radius 3 is 2.44 bits per heavy atom. The Morgan fingerprint density at radius 1 is 0.917 bits per heavy atom. The molecule has 0 bridgehead atoms. The van der Waals surface area contributed by atoms with Crippen LogP contribution in [0.25, 0.3) is 11.4 Å². The number of nitrogens with zero attached hydrogens (tertiary/aromatic N) is 2. The van der Waals surface area contributed by atoms with Crippen molar-refractivity contribution in [1.82, 2.24) is 9.55 Å². The van der Waals surface area contributed by atoms with Gasteiger partial charge in [0.2, 0.25) is 5.91 Å². The predicted molar refractivity (Wildman–Crippen MR) is 146 cm³/mol. The molecule has 0 saturated carbocycles. The molecule has 4 aromatic rings. The summed E-state index contributed by atoms with van der Waals surface area (Å²) in [6, 6.07) is 22.8. The molecule has 36 heavy (non-hydrogen) atoms. The molecular weight excluding hydrogens is 468 g/mol. The lowest BCUT2D eigenvalue weighted by Crippen LogP contribution is -2.16. The third-order valence-corrected chi connectivity index (χ3v) is 7.30. The number of imidazole rings is 1. The average molecular weight is 497 g/mol. The molecule has 1 aliphatic heterocycles. The van der Waals surface area contributed by atoms with Crippen molar-refractivity contribution in [2.75, 3.05) is 16.4 Å². The van der Waals surface area contributed by atoms with Gasteiger partial charge in [0.05, 0.1) is 11.3 Å². The number of aromatic nitrogens is 2. The molecule has 1 aromatic heterocycles. The molecule has 2 amide bonds. The maximum absolute atomic E-state index is 13.1. The lowest BCUT2D eigenvalue weighted by atomic mass is 10.1. The van der Waals surface area contributed by atoms with E-state index in [9.17, 15) is 9.59 Å². The summed E-state index contributed by atoms with van der Waals surface area (Å²) in [5.41, 5.74) is 5.48. The van der Waals surface area contributed by atoms with Gasteiger partial charge in [-0.05, 0) is 74.7 Å². The van der Waals surface area contributed by atoms with Crippen LogP contribution in [0.2, 0.25) is 0 Å². The fraction of sp³-hybridized carbons (Fsp3) is 0.207. The van der Waals surface area contributed by atoms with Crippen molar-refractivity contribution in [2.45, 2.75) is 37.6 Å². The zero-order valence-electron chi connectivity index (χ0n) is 20.2. The molecule has 2 N–H and O–H groups in total. The fourth-order valence-corrected chi connectivity index (χ4v) is 5.17. The summed E-state index contributed by atoms with van der Waals surface area (Å²) in [5.74, 6) is 0.869. The summed E-state index contributed by atoms with van der Waals surface area (Å²) in [4.78, 5) is 30.9. The number of thioether (sulfide) groups is 1. The Bertz CT molecular complexity index is 1380. The van der Waals surface area contributed by atoms with Crippen molar-refractivity contribution in [3.63, 3.8) is 0 Å². The molecule has 0 radical (unpaired) electrons. The van der Waals surface area contributed by atoms with E-state index < -0.39 is 0 Å². The number of nitrogens with one attached hydrogen (secondary N) is 2. The van der Waals surface area contributed by atoms with Crippen molar-refractivity contribution in [1.29, 1.82) is 0 Å². The van der Waals surface area contributed by atoms with Gasteiger partial charge in [0.1, 0.15) is 5.82 Å². The summed E-state index contributed by atoms with van der Waals surface area (Å²) < 4.78 is 2.29. The molecule has 0 atom stereocenters. The number of carbonyl (C=O) groups is 2. The molecule has 5 rings (SSSR count). The fourth-order valence-electron chi connectivity index (χ4n) is 4.32. The van der Waals surface area contributed by atoms with Crippen molar-refractivity contribution in [2.24, 2.45) is 0 Å². The second kappa shape index (κ2) is 10.8. The highest BCUT2D eigenvalue weighted by Crippen LogP contribution is 2.27. The van der Waals surface area contributed by atoms with Crippen molar-refractivity contribution >= 4 is 35.0 Å². The Labute approximate surface area is 215 Å². The highest BCUT2D eigenvalue weighted by atomic mass is 32.2. The minimum Gasteiger partial charge on any atom is -0.328 e. The SMILES string of the molecule is Cc1ccc(NC(=O)CSc2ccccc2C(=O)Nc2ccc(-c3ncc4n3CCCC4)cc2)cc1. The van der Waals surface area contributed by atoms with Gasteiger partial charge in [-0.3, -0.25) is 9.59 Å². The van der Waals surface area contributed by atoms with Gasteiger partial charge in [-0.15, -0.1) is 11.8 Å². The molecule has 0 fully saturated rings. The molecule has 7 heteroatoms. The van der Waals surface area contributed by atoms with Crippen LogP contribution in [0.1, 0.15) is 34.5 Å². The van der Waals surface area contributed by atoms with E-state index in [0.717, 1.165) is 40.5 Å². The normalized spacial score (nSPS) is 12.6. The van der Waals surface area contributed by atoms with Gasteiger partial charge in [0.15, 0.2) is 0 Å². The number of carbonyl (C=O) groups excluding carboxylic acids is 2. The summed E-state index contributed by atoms with van der Waals surface area (Å²) in [7, 11) is 0. The first-order chi connectivity index (χ1) is 17.6. The lowest BCUT2D eigenvalue weighted by Gasteiger charge is -2.16. The summed E-state index contributed by atoms with van der Waals surface area (Å²) in [5, 5.41) is 5.88. The Hall–Kier alpha value is -3.84. The van der Waals surface area contributed by atoms with Gasteiger partial charge in [0.25, 0.3) is 5.91 Å². The second-order valence-corrected chi connectivity index (χ2v) is 9.93. The van der Waals surface area contributed by atoms with Crippen LogP contribution in [0, 0.1) is 6.92 Å². The van der Waals surface area contributed by atoms with Gasteiger partial charge in [-0.1, -0.05) is 29.8 Å². The zero-order chi connectivity index (χ0) is 24.9. The standard InChI is InChI=1S/C29H28N4O2S/c1-20-9-13-22(14-10-20)31-27(34)19-36-26-8-3-2-7-25(26)29(35)32-23-15-11-21(12-16-23)28-30-18-24-6-4-5-17-33(24)28/h2-3,7-16,18H,4-6,17,19H2,1H3,(H,31,34)(H,32,35). The van der Waals surface area contributed by atoms with Crippen molar-refractivity contribution in [3.05, 3.63) is 95.8 Å². The van der Waals surface area contributed by atoms with E-state index in [1.54, 1.807) is 6.07 Å². The summed E-state index contributed by atoms with van der Waals surface area (Å²) in [6.07, 6.45) is 5.44. The maximum atomic E-state index is 13.1. The molecule has 0 saturated heterocycles. The summed E-state index contributed by atoms with van der Waals surface area (Å²) >= 11 is 1.35. The van der Waals surface area contributed by atoms with Crippen LogP contribution in [0.15, 0.2) is 83.9 Å². The van der Waals surface area contributed by atoms with Crippen LogP contribution >= 0.6 is 11.8 Å². The Balaban J connectivity index is 1.22. The van der Waals surface area contributed by atoms with E-state index in [4.69, 9.17) is 0 Å². The maximum Gasteiger partial charge on any atom is 0.256 e. The Morgan fingerprint density at radius 2 is 1.64 bits per heavy atom. The lowest BCUT2D eigenvalue weighted by molar-refractivity contribution is -0.113. The van der Waals surface area contributed by atoms with E-state index in [2.05, 4.69) is 20.2 Å². The van der Waals surface area contributed by atoms with E-state index in [0.29, 0.717) is 11.3 Å². The first-order valence-electron chi connectivity index (χ1n) is 12.1. The van der Waals surface area contributed by atoms with Crippen molar-refractivity contribution < 1.29 is 9.59 Å². The first kappa shape index (κ1) is 23.9. The first-order valence-corrected chi connectivity index (χ1v) is 13.1. The minimum atomic E-state index is -0.206. The number of hydrogen-bond donors (Lipinski definition) is 2. The van der Waals surface area contributed by atoms with Crippen LogP contribution in [0.4, 0.5) is 11.4 Å². The molecular formula is C29H28N4O2S. The van der Waals surface area contributed by atoms with Gasteiger partial charge in [0, 0.05) is 40.3 Å². The number of hydrogen-bond acceptors (Lipinski definition) is 4. The van der Waals surface area contributed by atoms with Crippen molar-refractivity contribution in [3.8, 4) is 11.4 Å². The van der Waals surface area contributed by atoms with E-state index in [-0.39, 0.29) is 17.6 Å². The van der Waals surface area contributed by atoms with Gasteiger partial charge >= 0.3 is 0 Å². The monoisotopic (exact) mass is 496 g/mol. The molecule has 6 nitrogen and oxygen atoms in total. The number of benzene rings is 3. The van der Waals surface area contributed by atoms with Gasteiger partial charge in [-0.25, -0.2) is 4.98 Å². The molecule has 182 valence electrons. The molecule has 0 spiro atoms. The average Bonchev–Trinajstić information content (AvgIpc) is 3.34. The highest BCUT2D eigenvalue weighted by molar-refractivity contribution is 8.00. The predicted octanol–water partition coefficient (Wildman–Crippen LogP) is 6.18. The van der Waals surface area contributed by atoms with E-state index in [1.807, 2.05) is 79.9 Å².